The number of benzene rings is 2. The van der Waals surface area contributed by atoms with Crippen LogP contribution in [-0.4, -0.2) is 22.4 Å². The molecule has 4 aromatic rings. The van der Waals surface area contributed by atoms with Crippen LogP contribution in [0, 0.1) is 6.92 Å². The lowest BCUT2D eigenvalue weighted by Crippen LogP contribution is -2.26. The van der Waals surface area contributed by atoms with Gasteiger partial charge in [-0.3, -0.25) is 4.79 Å². The van der Waals surface area contributed by atoms with E-state index >= 15 is 0 Å². The highest BCUT2D eigenvalue weighted by atomic mass is 16.1. The van der Waals surface area contributed by atoms with E-state index in [2.05, 4.69) is 34.3 Å². The summed E-state index contributed by atoms with van der Waals surface area (Å²) in [6.07, 6.45) is 2.67. The van der Waals surface area contributed by atoms with Crippen LogP contribution in [0.5, 0.6) is 0 Å². The van der Waals surface area contributed by atoms with Crippen molar-refractivity contribution in [1.29, 1.82) is 0 Å². The van der Waals surface area contributed by atoms with Gasteiger partial charge in [-0.25, -0.2) is 0 Å². The molecule has 3 N–H and O–H groups in total. The molecular weight excluding hydrogens is 298 g/mol. The summed E-state index contributed by atoms with van der Waals surface area (Å²) in [6, 6.07) is 16.0. The standard InChI is InChI=1S/C20H19N3O/c1-13-15(16-6-2-3-8-18(16)23-13)10-12-22-20(24)17-7-4-5-14-9-11-21-19(14)17/h2-9,11,21,23H,10,12H2,1H3,(H,22,24). The zero-order valence-corrected chi connectivity index (χ0v) is 13.5. The number of carbonyl (C=O) groups is 1. The third-order valence-corrected chi connectivity index (χ3v) is 4.52. The highest BCUT2D eigenvalue weighted by molar-refractivity contribution is 6.05. The molecule has 0 saturated heterocycles. The third-order valence-electron chi connectivity index (χ3n) is 4.52. The van der Waals surface area contributed by atoms with Crippen molar-refractivity contribution in [2.75, 3.05) is 6.54 Å². The summed E-state index contributed by atoms with van der Waals surface area (Å²) in [5.41, 5.74) is 5.15. The third kappa shape index (κ3) is 2.46. The molecule has 0 aliphatic heterocycles. The Kier molecular flexibility index (Phi) is 3.58. The molecule has 0 fully saturated rings. The number of para-hydroxylation sites is 2. The summed E-state index contributed by atoms with van der Waals surface area (Å²) in [6.45, 7) is 2.69. The monoisotopic (exact) mass is 317 g/mol. The van der Waals surface area contributed by atoms with E-state index in [1.54, 1.807) is 0 Å². The highest BCUT2D eigenvalue weighted by Crippen LogP contribution is 2.22. The molecule has 4 rings (SSSR count). The fourth-order valence-corrected chi connectivity index (χ4v) is 3.33. The summed E-state index contributed by atoms with van der Waals surface area (Å²) in [5.74, 6) is -0.0412. The molecule has 0 atom stereocenters. The number of H-pyrrole nitrogens is 2. The van der Waals surface area contributed by atoms with Crippen molar-refractivity contribution < 1.29 is 4.79 Å². The second-order valence-electron chi connectivity index (χ2n) is 6.03. The van der Waals surface area contributed by atoms with Crippen LogP contribution in [0.4, 0.5) is 0 Å². The van der Waals surface area contributed by atoms with Crippen molar-refractivity contribution in [2.45, 2.75) is 13.3 Å². The number of aromatic amines is 2. The summed E-state index contributed by atoms with van der Waals surface area (Å²) in [5, 5.41) is 5.32. The van der Waals surface area contributed by atoms with E-state index in [1.807, 2.05) is 42.6 Å². The maximum atomic E-state index is 12.5. The van der Waals surface area contributed by atoms with Gasteiger partial charge in [0.2, 0.25) is 0 Å². The summed E-state index contributed by atoms with van der Waals surface area (Å²) >= 11 is 0. The maximum absolute atomic E-state index is 12.5. The topological polar surface area (TPSA) is 60.7 Å². The van der Waals surface area contributed by atoms with Gasteiger partial charge in [0.25, 0.3) is 5.91 Å². The summed E-state index contributed by atoms with van der Waals surface area (Å²) in [7, 11) is 0. The van der Waals surface area contributed by atoms with Crippen LogP contribution in [0.25, 0.3) is 21.8 Å². The largest absolute Gasteiger partial charge is 0.361 e. The molecule has 24 heavy (non-hydrogen) atoms. The summed E-state index contributed by atoms with van der Waals surface area (Å²) in [4.78, 5) is 19.0. The van der Waals surface area contributed by atoms with E-state index in [-0.39, 0.29) is 5.91 Å². The van der Waals surface area contributed by atoms with Crippen molar-refractivity contribution in [3.63, 3.8) is 0 Å². The average molecular weight is 317 g/mol. The first-order valence-corrected chi connectivity index (χ1v) is 8.14. The van der Waals surface area contributed by atoms with Gasteiger partial charge in [-0.2, -0.15) is 0 Å². The number of rotatable bonds is 4. The minimum atomic E-state index is -0.0412. The van der Waals surface area contributed by atoms with E-state index in [0.717, 1.165) is 28.5 Å². The molecule has 0 aliphatic rings. The lowest BCUT2D eigenvalue weighted by atomic mass is 10.1. The Hall–Kier alpha value is -3.01. The molecule has 4 nitrogen and oxygen atoms in total. The van der Waals surface area contributed by atoms with Gasteiger partial charge in [-0.15, -0.1) is 0 Å². The predicted molar refractivity (Wildman–Crippen MR) is 97.4 cm³/mol. The molecule has 2 heterocycles. The van der Waals surface area contributed by atoms with E-state index in [1.165, 1.54) is 10.9 Å². The van der Waals surface area contributed by atoms with E-state index < -0.39 is 0 Å². The molecule has 120 valence electrons. The first kappa shape index (κ1) is 14.6. The molecule has 0 radical (unpaired) electrons. The highest BCUT2D eigenvalue weighted by Gasteiger charge is 2.12. The fraction of sp³-hybridized carbons (Fsp3) is 0.150. The smallest absolute Gasteiger partial charge is 0.253 e. The Morgan fingerprint density at radius 3 is 2.88 bits per heavy atom. The van der Waals surface area contributed by atoms with Gasteiger partial charge in [0.1, 0.15) is 0 Å². The van der Waals surface area contributed by atoms with Gasteiger partial charge < -0.3 is 15.3 Å². The molecule has 0 spiro atoms. The quantitative estimate of drug-likeness (QED) is 0.525. The fourth-order valence-electron chi connectivity index (χ4n) is 3.33. The Bertz CT molecular complexity index is 1030. The van der Waals surface area contributed by atoms with Gasteiger partial charge >= 0.3 is 0 Å². The molecule has 0 bridgehead atoms. The van der Waals surface area contributed by atoms with Gasteiger partial charge in [-0.1, -0.05) is 30.3 Å². The van der Waals surface area contributed by atoms with Crippen LogP contribution in [0.15, 0.2) is 54.7 Å². The predicted octanol–water partition coefficient (Wildman–Crippen LogP) is 3.93. The van der Waals surface area contributed by atoms with E-state index in [4.69, 9.17) is 0 Å². The number of hydrogen-bond acceptors (Lipinski definition) is 1. The summed E-state index contributed by atoms with van der Waals surface area (Å²) < 4.78 is 0. The number of aryl methyl sites for hydroxylation is 1. The average Bonchev–Trinajstić information content (AvgIpc) is 3.19. The number of amides is 1. The van der Waals surface area contributed by atoms with E-state index in [9.17, 15) is 4.79 Å². The van der Waals surface area contributed by atoms with Gasteiger partial charge in [-0.05, 0) is 37.1 Å². The van der Waals surface area contributed by atoms with E-state index in [0.29, 0.717) is 12.1 Å². The molecular formula is C20H19N3O. The minimum absolute atomic E-state index is 0.0412. The normalized spacial score (nSPS) is 11.2. The van der Waals surface area contributed by atoms with Gasteiger partial charge in [0, 0.05) is 34.7 Å². The Morgan fingerprint density at radius 2 is 1.96 bits per heavy atom. The second kappa shape index (κ2) is 5.89. The van der Waals surface area contributed by atoms with Crippen molar-refractivity contribution in [3.05, 3.63) is 71.5 Å². The number of nitrogens with one attached hydrogen (secondary N) is 3. The Morgan fingerprint density at radius 1 is 1.08 bits per heavy atom. The van der Waals surface area contributed by atoms with Crippen LogP contribution in [0.2, 0.25) is 0 Å². The maximum Gasteiger partial charge on any atom is 0.253 e. The Labute approximate surface area is 139 Å². The van der Waals surface area contributed by atoms with Crippen LogP contribution < -0.4 is 5.32 Å². The van der Waals surface area contributed by atoms with Crippen LogP contribution in [0.3, 0.4) is 0 Å². The molecule has 0 unspecified atom stereocenters. The minimum Gasteiger partial charge on any atom is -0.361 e. The SMILES string of the molecule is Cc1[nH]c2ccccc2c1CCNC(=O)c1cccc2cc[nH]c12. The molecule has 2 aromatic heterocycles. The van der Waals surface area contributed by atoms with Gasteiger partial charge in [0.15, 0.2) is 0 Å². The Balaban J connectivity index is 1.50. The van der Waals surface area contributed by atoms with Crippen molar-refractivity contribution in [3.8, 4) is 0 Å². The lowest BCUT2D eigenvalue weighted by Gasteiger charge is -2.07. The second-order valence-corrected chi connectivity index (χ2v) is 6.03. The molecule has 2 aromatic carbocycles. The molecule has 0 aliphatic carbocycles. The zero-order chi connectivity index (χ0) is 16.5. The molecule has 4 heteroatoms. The van der Waals surface area contributed by atoms with Crippen LogP contribution in [0.1, 0.15) is 21.6 Å². The molecule has 0 saturated carbocycles. The lowest BCUT2D eigenvalue weighted by molar-refractivity contribution is 0.0955. The number of fused-ring (bicyclic) bond motifs is 2. The van der Waals surface area contributed by atoms with Crippen molar-refractivity contribution in [2.24, 2.45) is 0 Å². The number of carbonyl (C=O) groups excluding carboxylic acids is 1. The van der Waals surface area contributed by atoms with Gasteiger partial charge in [0.05, 0.1) is 11.1 Å². The number of hydrogen-bond donors (Lipinski definition) is 3. The van der Waals surface area contributed by atoms with Crippen molar-refractivity contribution in [1.82, 2.24) is 15.3 Å². The van der Waals surface area contributed by atoms with Crippen LogP contribution >= 0.6 is 0 Å². The first-order valence-electron chi connectivity index (χ1n) is 8.14. The first-order chi connectivity index (χ1) is 11.7. The van der Waals surface area contributed by atoms with Crippen molar-refractivity contribution >= 4 is 27.7 Å². The zero-order valence-electron chi connectivity index (χ0n) is 13.5. The molecule has 1 amide bonds. The number of aromatic nitrogens is 2. The van der Waals surface area contributed by atoms with Crippen LogP contribution in [-0.2, 0) is 6.42 Å².